The van der Waals surface area contributed by atoms with Crippen molar-refractivity contribution in [1.82, 2.24) is 14.7 Å². The number of aromatic nitrogens is 2. The minimum absolute atomic E-state index is 0.0610. The molecule has 1 atom stereocenters. The molecule has 0 aliphatic carbocycles. The molecule has 1 aromatic carbocycles. The molecule has 122 valence electrons. The number of carbonyl (C=O) groups is 1. The van der Waals surface area contributed by atoms with Crippen molar-refractivity contribution in [1.29, 1.82) is 0 Å². The number of piperidine rings is 1. The number of amides is 2. The van der Waals surface area contributed by atoms with Crippen LogP contribution in [0, 0.1) is 0 Å². The lowest BCUT2D eigenvalue weighted by atomic mass is 10.1. The van der Waals surface area contributed by atoms with Crippen molar-refractivity contribution in [2.75, 3.05) is 18.4 Å². The van der Waals surface area contributed by atoms with Crippen LogP contribution in [-0.4, -0.2) is 39.8 Å². The summed E-state index contributed by atoms with van der Waals surface area (Å²) in [6.45, 7) is 1.87. The molecule has 0 unspecified atom stereocenters. The van der Waals surface area contributed by atoms with E-state index in [1.165, 1.54) is 0 Å². The van der Waals surface area contributed by atoms with Crippen molar-refractivity contribution >= 4 is 23.4 Å². The number of benzene rings is 1. The highest BCUT2D eigenvalue weighted by atomic mass is 35.5. The minimum Gasteiger partial charge on any atom is -0.326 e. The smallest absolute Gasteiger partial charge is 0.323 e. The second-order valence-electron chi connectivity index (χ2n) is 5.78. The first kappa shape index (κ1) is 15.8. The van der Waals surface area contributed by atoms with Gasteiger partial charge in [0.1, 0.15) is 5.82 Å². The fourth-order valence-corrected chi connectivity index (χ4v) is 2.97. The molecule has 1 aliphatic heterocycles. The van der Waals surface area contributed by atoms with E-state index in [4.69, 9.17) is 17.3 Å². The van der Waals surface area contributed by atoms with Gasteiger partial charge in [0.05, 0.1) is 12.7 Å². The summed E-state index contributed by atoms with van der Waals surface area (Å²) in [6.07, 6.45) is 3.58. The van der Waals surface area contributed by atoms with Crippen LogP contribution in [0.15, 0.2) is 36.5 Å². The maximum absolute atomic E-state index is 12.4. The van der Waals surface area contributed by atoms with E-state index in [0.717, 1.165) is 24.9 Å². The molecule has 1 saturated heterocycles. The van der Waals surface area contributed by atoms with E-state index in [1.54, 1.807) is 21.8 Å². The number of urea groups is 1. The molecule has 3 rings (SSSR count). The quantitative estimate of drug-likeness (QED) is 0.906. The summed E-state index contributed by atoms with van der Waals surface area (Å²) in [5.41, 5.74) is 6.96. The van der Waals surface area contributed by atoms with Crippen LogP contribution in [0.3, 0.4) is 0 Å². The number of hydrogen-bond acceptors (Lipinski definition) is 3. The first-order valence-electron chi connectivity index (χ1n) is 7.69. The van der Waals surface area contributed by atoms with Crippen molar-refractivity contribution in [2.45, 2.75) is 25.4 Å². The maximum Gasteiger partial charge on any atom is 0.323 e. The molecule has 1 aromatic heterocycles. The Kier molecular flexibility index (Phi) is 4.83. The number of likely N-dealkylation sites (tertiary alicyclic amines) is 1. The van der Waals surface area contributed by atoms with Crippen LogP contribution >= 0.6 is 11.6 Å². The van der Waals surface area contributed by atoms with E-state index in [1.807, 2.05) is 24.3 Å². The topological polar surface area (TPSA) is 76.2 Å². The van der Waals surface area contributed by atoms with Crippen LogP contribution in [0.4, 0.5) is 10.6 Å². The standard InChI is InChI=1S/C16H20ClN5O/c17-13-4-1-3-12(9-13)10-22-15(6-7-19-22)20-16(23)21-8-2-5-14(18)11-21/h1,3-4,6-7,9,14H,2,5,8,10-11,18H2,(H,20,23)/t14-/m0/s1. The Bertz CT molecular complexity index is 687. The second-order valence-corrected chi connectivity index (χ2v) is 6.22. The lowest BCUT2D eigenvalue weighted by Gasteiger charge is -2.30. The van der Waals surface area contributed by atoms with E-state index in [2.05, 4.69) is 10.4 Å². The van der Waals surface area contributed by atoms with Gasteiger partial charge >= 0.3 is 6.03 Å². The van der Waals surface area contributed by atoms with E-state index in [-0.39, 0.29) is 12.1 Å². The maximum atomic E-state index is 12.4. The van der Waals surface area contributed by atoms with Crippen LogP contribution in [0.5, 0.6) is 0 Å². The number of halogens is 1. The number of nitrogens with one attached hydrogen (secondary N) is 1. The fraction of sp³-hybridized carbons (Fsp3) is 0.375. The second kappa shape index (κ2) is 7.02. The molecule has 2 aromatic rings. The highest BCUT2D eigenvalue weighted by Gasteiger charge is 2.21. The molecular weight excluding hydrogens is 314 g/mol. The normalized spacial score (nSPS) is 18.0. The number of hydrogen-bond donors (Lipinski definition) is 2. The molecule has 2 heterocycles. The van der Waals surface area contributed by atoms with Gasteiger partial charge in [-0.05, 0) is 30.5 Å². The molecule has 0 radical (unpaired) electrons. The first-order chi connectivity index (χ1) is 11.1. The summed E-state index contributed by atoms with van der Waals surface area (Å²) in [7, 11) is 0. The first-order valence-corrected chi connectivity index (χ1v) is 8.07. The Hall–Kier alpha value is -2.05. The zero-order valence-corrected chi connectivity index (χ0v) is 13.5. The molecule has 1 aliphatic rings. The summed E-state index contributed by atoms with van der Waals surface area (Å²) in [6, 6.07) is 9.30. The average Bonchev–Trinajstić information content (AvgIpc) is 2.94. The molecule has 3 N–H and O–H groups in total. The van der Waals surface area contributed by atoms with Gasteiger partial charge in [-0.15, -0.1) is 0 Å². The van der Waals surface area contributed by atoms with Crippen LogP contribution in [0.2, 0.25) is 5.02 Å². The van der Waals surface area contributed by atoms with Crippen LogP contribution in [0.25, 0.3) is 0 Å². The average molecular weight is 334 g/mol. The largest absolute Gasteiger partial charge is 0.326 e. The van der Waals surface area contributed by atoms with Gasteiger partial charge in [-0.3, -0.25) is 5.32 Å². The van der Waals surface area contributed by atoms with E-state index >= 15 is 0 Å². The number of rotatable bonds is 3. The fourth-order valence-electron chi connectivity index (χ4n) is 2.76. The lowest BCUT2D eigenvalue weighted by molar-refractivity contribution is 0.193. The van der Waals surface area contributed by atoms with Gasteiger partial charge < -0.3 is 10.6 Å². The molecule has 1 fully saturated rings. The van der Waals surface area contributed by atoms with Gasteiger partial charge in [0, 0.05) is 30.2 Å². The molecule has 6 nitrogen and oxygen atoms in total. The summed E-state index contributed by atoms with van der Waals surface area (Å²) in [5.74, 6) is 0.661. The van der Waals surface area contributed by atoms with Gasteiger partial charge in [-0.2, -0.15) is 5.10 Å². The molecule has 7 heteroatoms. The molecular formula is C16H20ClN5O. The van der Waals surface area contributed by atoms with Gasteiger partial charge in [0.15, 0.2) is 0 Å². The van der Waals surface area contributed by atoms with E-state index < -0.39 is 0 Å². The number of anilines is 1. The Morgan fingerprint density at radius 1 is 1.43 bits per heavy atom. The van der Waals surface area contributed by atoms with Crippen molar-refractivity contribution in [2.24, 2.45) is 5.73 Å². The summed E-state index contributed by atoms with van der Waals surface area (Å²) in [4.78, 5) is 14.1. The van der Waals surface area contributed by atoms with Gasteiger partial charge in [0.25, 0.3) is 0 Å². The highest BCUT2D eigenvalue weighted by molar-refractivity contribution is 6.30. The summed E-state index contributed by atoms with van der Waals surface area (Å²) in [5, 5.41) is 7.87. The Morgan fingerprint density at radius 2 is 2.30 bits per heavy atom. The van der Waals surface area contributed by atoms with Crippen molar-refractivity contribution in [3.8, 4) is 0 Å². The Morgan fingerprint density at radius 3 is 3.09 bits per heavy atom. The number of nitrogens with zero attached hydrogens (tertiary/aromatic N) is 3. The Labute approximate surface area is 140 Å². The monoisotopic (exact) mass is 333 g/mol. The van der Waals surface area contributed by atoms with E-state index in [0.29, 0.717) is 23.9 Å². The third kappa shape index (κ3) is 4.03. The van der Waals surface area contributed by atoms with Crippen molar-refractivity contribution in [3.63, 3.8) is 0 Å². The van der Waals surface area contributed by atoms with Crippen LogP contribution in [0.1, 0.15) is 18.4 Å². The third-order valence-corrected chi connectivity index (χ3v) is 4.15. The summed E-state index contributed by atoms with van der Waals surface area (Å²) < 4.78 is 1.74. The van der Waals surface area contributed by atoms with Crippen molar-refractivity contribution in [3.05, 3.63) is 47.1 Å². The predicted octanol–water partition coefficient (Wildman–Crippen LogP) is 2.54. The van der Waals surface area contributed by atoms with E-state index in [9.17, 15) is 4.79 Å². The minimum atomic E-state index is -0.131. The van der Waals surface area contributed by atoms with Crippen LogP contribution in [-0.2, 0) is 6.54 Å². The Balaban J connectivity index is 1.67. The predicted molar refractivity (Wildman–Crippen MR) is 90.6 cm³/mol. The van der Waals surface area contributed by atoms with Gasteiger partial charge in [-0.25, -0.2) is 9.48 Å². The molecule has 0 spiro atoms. The molecule has 2 amide bonds. The van der Waals surface area contributed by atoms with Crippen LogP contribution < -0.4 is 11.1 Å². The van der Waals surface area contributed by atoms with Gasteiger partial charge in [0.2, 0.25) is 0 Å². The molecule has 0 bridgehead atoms. The zero-order chi connectivity index (χ0) is 16.2. The summed E-state index contributed by atoms with van der Waals surface area (Å²) >= 11 is 6.01. The lowest BCUT2D eigenvalue weighted by Crippen LogP contribution is -2.47. The molecule has 23 heavy (non-hydrogen) atoms. The third-order valence-electron chi connectivity index (χ3n) is 3.92. The van der Waals surface area contributed by atoms with Gasteiger partial charge in [-0.1, -0.05) is 23.7 Å². The van der Waals surface area contributed by atoms with Crippen molar-refractivity contribution < 1.29 is 4.79 Å². The zero-order valence-electron chi connectivity index (χ0n) is 12.8. The highest BCUT2D eigenvalue weighted by Crippen LogP contribution is 2.16. The number of carbonyl (C=O) groups excluding carboxylic acids is 1. The number of nitrogens with two attached hydrogens (primary N) is 1. The molecule has 0 saturated carbocycles. The SMILES string of the molecule is N[C@H]1CCCN(C(=O)Nc2ccnn2Cc2cccc(Cl)c2)C1.